The average Bonchev–Trinajstić information content (AvgIpc) is 3.41. The number of aromatic nitrogens is 4. The Morgan fingerprint density at radius 2 is 2.00 bits per heavy atom. The lowest BCUT2D eigenvalue weighted by Crippen LogP contribution is -2.22. The van der Waals surface area contributed by atoms with Crippen LogP contribution in [-0.4, -0.2) is 39.1 Å². The van der Waals surface area contributed by atoms with Crippen LogP contribution in [0.5, 0.6) is 0 Å². The van der Waals surface area contributed by atoms with E-state index >= 15 is 0 Å². The van der Waals surface area contributed by atoms with Gasteiger partial charge in [0.2, 0.25) is 0 Å². The monoisotopic (exact) mass is 389 g/mol. The van der Waals surface area contributed by atoms with Crippen LogP contribution in [0, 0.1) is 0 Å². The van der Waals surface area contributed by atoms with Gasteiger partial charge in [-0.1, -0.05) is 6.07 Å². The van der Waals surface area contributed by atoms with Gasteiger partial charge in [0, 0.05) is 30.5 Å². The Morgan fingerprint density at radius 1 is 1.04 bits per heavy atom. The molecule has 8 heteroatoms. The van der Waals surface area contributed by atoms with Crippen molar-refractivity contribution in [3.05, 3.63) is 54.2 Å². The van der Waals surface area contributed by atoms with E-state index in [-0.39, 0.29) is 0 Å². The molecule has 0 amide bonds. The van der Waals surface area contributed by atoms with Crippen molar-refractivity contribution in [1.82, 2.24) is 25.3 Å². The highest BCUT2D eigenvalue weighted by Gasteiger charge is 2.18. The summed E-state index contributed by atoms with van der Waals surface area (Å²) >= 11 is 1.67. The van der Waals surface area contributed by atoms with Crippen LogP contribution in [0.2, 0.25) is 0 Å². The Balaban J connectivity index is 1.49. The van der Waals surface area contributed by atoms with Gasteiger partial charge in [-0.05, 0) is 48.7 Å². The first-order valence-corrected chi connectivity index (χ1v) is 10.1. The number of nitrogens with zero attached hydrogens (tertiary/aromatic N) is 4. The van der Waals surface area contributed by atoms with E-state index in [1.54, 1.807) is 23.7 Å². The molecule has 5 rings (SSSR count). The standard InChI is InChI=1S/C20H19N7S/c1-2-7-22-16(3-1)26-17-11-13(4-9-23-17)19-25-15-6-10-28-18(15)20(27-19)24-14-5-8-21-12-14/h1-4,6-7,9-11,14,21H,5,8,12H2,(H,22,23,26)(H,24,25,27). The molecule has 28 heavy (non-hydrogen) atoms. The van der Waals surface area contributed by atoms with Gasteiger partial charge in [-0.3, -0.25) is 0 Å². The van der Waals surface area contributed by atoms with E-state index in [0.717, 1.165) is 46.9 Å². The highest BCUT2D eigenvalue weighted by Crippen LogP contribution is 2.30. The maximum atomic E-state index is 4.84. The summed E-state index contributed by atoms with van der Waals surface area (Å²) in [6.07, 6.45) is 4.60. The van der Waals surface area contributed by atoms with Gasteiger partial charge in [0.25, 0.3) is 0 Å². The van der Waals surface area contributed by atoms with E-state index in [1.807, 2.05) is 36.4 Å². The van der Waals surface area contributed by atoms with Gasteiger partial charge >= 0.3 is 0 Å². The molecule has 0 aliphatic carbocycles. The van der Waals surface area contributed by atoms with Gasteiger partial charge in [-0.2, -0.15) is 0 Å². The third-order valence-corrected chi connectivity index (χ3v) is 5.55. The largest absolute Gasteiger partial charge is 0.365 e. The molecule has 1 saturated heterocycles. The number of anilines is 3. The van der Waals surface area contributed by atoms with Crippen molar-refractivity contribution in [1.29, 1.82) is 0 Å². The van der Waals surface area contributed by atoms with E-state index in [2.05, 4.69) is 31.3 Å². The van der Waals surface area contributed by atoms with E-state index in [1.165, 1.54) is 0 Å². The lowest BCUT2D eigenvalue weighted by Gasteiger charge is -2.14. The van der Waals surface area contributed by atoms with Crippen LogP contribution < -0.4 is 16.0 Å². The third kappa shape index (κ3) is 3.51. The molecule has 1 aliphatic heterocycles. The Morgan fingerprint density at radius 3 is 2.86 bits per heavy atom. The molecule has 1 atom stereocenters. The van der Waals surface area contributed by atoms with Crippen LogP contribution >= 0.6 is 11.3 Å². The zero-order valence-corrected chi connectivity index (χ0v) is 15.9. The highest BCUT2D eigenvalue weighted by atomic mass is 32.1. The zero-order valence-electron chi connectivity index (χ0n) is 15.1. The summed E-state index contributed by atoms with van der Waals surface area (Å²) in [7, 11) is 0. The number of rotatable bonds is 5. The fourth-order valence-corrected chi connectivity index (χ4v) is 4.05. The maximum absolute atomic E-state index is 4.84. The lowest BCUT2D eigenvalue weighted by atomic mass is 10.2. The molecule has 0 spiro atoms. The van der Waals surface area contributed by atoms with Crippen LogP contribution in [0.4, 0.5) is 17.5 Å². The summed E-state index contributed by atoms with van der Waals surface area (Å²) in [6.45, 7) is 2.00. The molecule has 0 radical (unpaired) electrons. The molecule has 0 bridgehead atoms. The summed E-state index contributed by atoms with van der Waals surface area (Å²) in [6, 6.07) is 12.0. The van der Waals surface area contributed by atoms with Gasteiger partial charge in [0.15, 0.2) is 5.82 Å². The minimum Gasteiger partial charge on any atom is -0.365 e. The van der Waals surface area contributed by atoms with Crippen LogP contribution in [0.1, 0.15) is 6.42 Å². The van der Waals surface area contributed by atoms with Crippen molar-refractivity contribution in [2.24, 2.45) is 0 Å². The summed E-state index contributed by atoms with van der Waals surface area (Å²) < 4.78 is 1.09. The summed E-state index contributed by atoms with van der Waals surface area (Å²) in [5, 5.41) is 12.3. The van der Waals surface area contributed by atoms with Crippen molar-refractivity contribution in [3.8, 4) is 11.4 Å². The first-order valence-electron chi connectivity index (χ1n) is 9.22. The molecule has 4 aromatic rings. The molecule has 3 N–H and O–H groups in total. The minimum atomic E-state index is 0.395. The Bertz CT molecular complexity index is 1090. The number of pyridine rings is 2. The first kappa shape index (κ1) is 17.0. The molecule has 5 heterocycles. The predicted octanol–water partition coefficient (Wildman–Crippen LogP) is 3.67. The van der Waals surface area contributed by atoms with Crippen molar-refractivity contribution >= 4 is 39.0 Å². The number of nitrogens with one attached hydrogen (secondary N) is 3. The predicted molar refractivity (Wildman–Crippen MR) is 113 cm³/mol. The fraction of sp³-hybridized carbons (Fsp3) is 0.200. The second-order valence-electron chi connectivity index (χ2n) is 6.63. The van der Waals surface area contributed by atoms with E-state index in [9.17, 15) is 0 Å². The molecule has 1 aliphatic rings. The molecule has 0 saturated carbocycles. The van der Waals surface area contributed by atoms with Crippen LogP contribution in [-0.2, 0) is 0 Å². The third-order valence-electron chi connectivity index (χ3n) is 4.64. The van der Waals surface area contributed by atoms with Crippen molar-refractivity contribution in [3.63, 3.8) is 0 Å². The molecular weight excluding hydrogens is 370 g/mol. The van der Waals surface area contributed by atoms with Crippen molar-refractivity contribution < 1.29 is 0 Å². The van der Waals surface area contributed by atoms with Gasteiger partial charge in [0.1, 0.15) is 17.5 Å². The SMILES string of the molecule is c1ccc(Nc2cc(-c3nc(NC4CCNC4)c4sccc4n3)ccn2)nc1. The first-order chi connectivity index (χ1) is 13.8. The highest BCUT2D eigenvalue weighted by molar-refractivity contribution is 7.17. The number of fused-ring (bicyclic) bond motifs is 1. The molecule has 1 fully saturated rings. The minimum absolute atomic E-state index is 0.395. The van der Waals surface area contributed by atoms with E-state index < -0.39 is 0 Å². The topological polar surface area (TPSA) is 87.7 Å². The van der Waals surface area contributed by atoms with Gasteiger partial charge in [0.05, 0.1) is 10.2 Å². The molecule has 4 aromatic heterocycles. The lowest BCUT2D eigenvalue weighted by molar-refractivity contribution is 0.789. The second-order valence-corrected chi connectivity index (χ2v) is 7.55. The maximum Gasteiger partial charge on any atom is 0.162 e. The van der Waals surface area contributed by atoms with Crippen molar-refractivity contribution in [2.75, 3.05) is 23.7 Å². The molecule has 0 aromatic carbocycles. The molecule has 140 valence electrons. The van der Waals surface area contributed by atoms with Crippen LogP contribution in [0.15, 0.2) is 54.2 Å². The summed E-state index contributed by atoms with van der Waals surface area (Å²) in [5.41, 5.74) is 1.87. The number of thiophene rings is 1. The number of hydrogen-bond donors (Lipinski definition) is 3. The van der Waals surface area contributed by atoms with Crippen LogP contribution in [0.3, 0.4) is 0 Å². The quantitative estimate of drug-likeness (QED) is 0.480. The molecule has 1 unspecified atom stereocenters. The summed E-state index contributed by atoms with van der Waals surface area (Å²) in [5.74, 6) is 3.04. The Labute approximate surface area is 166 Å². The summed E-state index contributed by atoms with van der Waals surface area (Å²) in [4.78, 5) is 18.3. The number of hydrogen-bond acceptors (Lipinski definition) is 8. The van der Waals surface area contributed by atoms with Crippen LogP contribution in [0.25, 0.3) is 21.6 Å². The second kappa shape index (κ2) is 7.49. The Kier molecular flexibility index (Phi) is 4.56. The van der Waals surface area contributed by atoms with Gasteiger partial charge in [-0.15, -0.1) is 11.3 Å². The van der Waals surface area contributed by atoms with Crippen molar-refractivity contribution in [2.45, 2.75) is 12.5 Å². The van der Waals surface area contributed by atoms with Gasteiger partial charge < -0.3 is 16.0 Å². The smallest absolute Gasteiger partial charge is 0.162 e. The van der Waals surface area contributed by atoms with E-state index in [0.29, 0.717) is 17.7 Å². The normalized spacial score (nSPS) is 16.4. The van der Waals surface area contributed by atoms with Gasteiger partial charge in [-0.25, -0.2) is 19.9 Å². The Hall–Kier alpha value is -3.10. The fourth-order valence-electron chi connectivity index (χ4n) is 3.27. The molecular formula is C20H19N7S. The average molecular weight is 389 g/mol. The zero-order chi connectivity index (χ0) is 18.8. The van der Waals surface area contributed by atoms with E-state index in [4.69, 9.17) is 9.97 Å². The molecule has 7 nitrogen and oxygen atoms in total.